The second kappa shape index (κ2) is 8.24. The van der Waals surface area contributed by atoms with Crippen LogP contribution < -0.4 is 5.32 Å². The lowest BCUT2D eigenvalue weighted by molar-refractivity contribution is -0.122. The van der Waals surface area contributed by atoms with Crippen LogP contribution in [0.25, 0.3) is 0 Å². The van der Waals surface area contributed by atoms with E-state index in [1.165, 1.54) is 11.1 Å². The highest BCUT2D eigenvalue weighted by Gasteiger charge is 2.33. The molecule has 1 aliphatic heterocycles. The third-order valence-electron chi connectivity index (χ3n) is 4.06. The van der Waals surface area contributed by atoms with Crippen LogP contribution >= 0.6 is 0 Å². The standard InChI is InChI=1S/C19H19N3O4/c23-15-9-11-22(19(25)26-13-14-6-2-1-3-7-14)17(12-15)21-18(24)16-8-4-5-10-20-16/h1-8,10,17H,9,11-13H2,(H,21,24). The normalized spacial score (nSPS) is 16.8. The van der Waals surface area contributed by atoms with Crippen molar-refractivity contribution in [1.29, 1.82) is 0 Å². The van der Waals surface area contributed by atoms with Gasteiger partial charge in [0.1, 0.15) is 24.2 Å². The van der Waals surface area contributed by atoms with Gasteiger partial charge in [0.25, 0.3) is 5.91 Å². The zero-order valence-corrected chi connectivity index (χ0v) is 14.1. The monoisotopic (exact) mass is 353 g/mol. The second-order valence-corrected chi connectivity index (χ2v) is 5.93. The first-order chi connectivity index (χ1) is 12.6. The van der Waals surface area contributed by atoms with Crippen LogP contribution in [0.15, 0.2) is 54.7 Å². The molecule has 7 heteroatoms. The van der Waals surface area contributed by atoms with E-state index in [4.69, 9.17) is 4.74 Å². The number of pyridine rings is 1. The van der Waals surface area contributed by atoms with Gasteiger partial charge in [-0.15, -0.1) is 0 Å². The summed E-state index contributed by atoms with van der Waals surface area (Å²) in [7, 11) is 0. The molecule has 26 heavy (non-hydrogen) atoms. The fourth-order valence-electron chi connectivity index (χ4n) is 2.70. The summed E-state index contributed by atoms with van der Waals surface area (Å²) in [5.41, 5.74) is 1.09. The number of Topliss-reactive ketones (excluding diaryl/α,β-unsaturated/α-hetero) is 1. The molecule has 7 nitrogen and oxygen atoms in total. The van der Waals surface area contributed by atoms with Crippen molar-refractivity contribution in [2.24, 2.45) is 0 Å². The van der Waals surface area contributed by atoms with Gasteiger partial charge in [0.15, 0.2) is 0 Å². The van der Waals surface area contributed by atoms with Gasteiger partial charge in [-0.05, 0) is 17.7 Å². The van der Waals surface area contributed by atoms with Gasteiger partial charge in [-0.2, -0.15) is 0 Å². The molecule has 2 heterocycles. The maximum atomic E-state index is 12.4. The summed E-state index contributed by atoms with van der Waals surface area (Å²) in [6.45, 7) is 0.338. The van der Waals surface area contributed by atoms with Crippen LogP contribution in [-0.2, 0) is 16.1 Å². The summed E-state index contributed by atoms with van der Waals surface area (Å²) in [6.07, 6.45) is 0.504. The molecular weight excluding hydrogens is 334 g/mol. The van der Waals surface area contributed by atoms with Gasteiger partial charge in [-0.25, -0.2) is 4.79 Å². The van der Waals surface area contributed by atoms with Crippen molar-refractivity contribution in [1.82, 2.24) is 15.2 Å². The molecule has 1 atom stereocenters. The number of rotatable bonds is 4. The summed E-state index contributed by atoms with van der Waals surface area (Å²) in [5.74, 6) is -0.449. The Kier molecular flexibility index (Phi) is 5.58. The van der Waals surface area contributed by atoms with Crippen LogP contribution in [0.5, 0.6) is 0 Å². The lowest BCUT2D eigenvalue weighted by atomic mass is 10.1. The van der Waals surface area contributed by atoms with Crippen LogP contribution in [0.3, 0.4) is 0 Å². The topological polar surface area (TPSA) is 88.6 Å². The summed E-state index contributed by atoms with van der Waals surface area (Å²) in [4.78, 5) is 41.9. The van der Waals surface area contributed by atoms with Gasteiger partial charge in [0.05, 0.1) is 0 Å². The number of ketones is 1. The first kappa shape index (κ1) is 17.6. The van der Waals surface area contributed by atoms with Crippen molar-refractivity contribution in [2.75, 3.05) is 6.54 Å². The summed E-state index contributed by atoms with van der Waals surface area (Å²) >= 11 is 0. The summed E-state index contributed by atoms with van der Waals surface area (Å²) in [5, 5.41) is 2.70. The highest BCUT2D eigenvalue weighted by molar-refractivity contribution is 5.93. The van der Waals surface area contributed by atoms with E-state index in [0.717, 1.165) is 5.56 Å². The minimum atomic E-state index is -0.742. The predicted molar refractivity (Wildman–Crippen MR) is 93.1 cm³/mol. The zero-order chi connectivity index (χ0) is 18.4. The largest absolute Gasteiger partial charge is 0.444 e. The third kappa shape index (κ3) is 4.44. The predicted octanol–water partition coefficient (Wildman–Crippen LogP) is 2.14. The van der Waals surface area contributed by atoms with E-state index >= 15 is 0 Å². The van der Waals surface area contributed by atoms with Crippen LogP contribution in [0.4, 0.5) is 4.79 Å². The molecule has 0 bridgehead atoms. The van der Waals surface area contributed by atoms with Gasteiger partial charge in [-0.3, -0.25) is 19.5 Å². The van der Waals surface area contributed by atoms with Crippen LogP contribution in [0, 0.1) is 0 Å². The van der Waals surface area contributed by atoms with E-state index in [1.54, 1.807) is 18.2 Å². The molecular formula is C19H19N3O4. The maximum absolute atomic E-state index is 12.4. The fourth-order valence-corrected chi connectivity index (χ4v) is 2.70. The summed E-state index contributed by atoms with van der Waals surface area (Å²) in [6, 6.07) is 14.3. The van der Waals surface area contributed by atoms with Crippen LogP contribution in [-0.4, -0.2) is 40.4 Å². The van der Waals surface area contributed by atoms with Gasteiger partial charge >= 0.3 is 6.09 Å². The molecule has 0 saturated carbocycles. The molecule has 1 aromatic carbocycles. The van der Waals surface area contributed by atoms with Crippen molar-refractivity contribution in [3.63, 3.8) is 0 Å². The molecule has 0 aliphatic carbocycles. The van der Waals surface area contributed by atoms with Crippen molar-refractivity contribution < 1.29 is 19.1 Å². The van der Waals surface area contributed by atoms with Crippen molar-refractivity contribution in [3.05, 3.63) is 66.0 Å². The van der Waals surface area contributed by atoms with E-state index in [2.05, 4.69) is 10.3 Å². The second-order valence-electron chi connectivity index (χ2n) is 5.93. The number of nitrogens with zero attached hydrogens (tertiary/aromatic N) is 2. The number of hydrogen-bond acceptors (Lipinski definition) is 5. The molecule has 134 valence electrons. The molecule has 2 amide bonds. The first-order valence-corrected chi connectivity index (χ1v) is 8.34. The van der Waals surface area contributed by atoms with Gasteiger partial charge < -0.3 is 10.1 Å². The van der Waals surface area contributed by atoms with E-state index in [-0.39, 0.29) is 37.5 Å². The molecule has 0 radical (unpaired) electrons. The average molecular weight is 353 g/mol. The molecule has 1 unspecified atom stereocenters. The molecule has 1 aromatic heterocycles. The average Bonchev–Trinajstić information content (AvgIpc) is 2.68. The Bertz CT molecular complexity index is 780. The quantitative estimate of drug-likeness (QED) is 0.910. The van der Waals surface area contributed by atoms with Crippen molar-refractivity contribution in [2.45, 2.75) is 25.6 Å². The lowest BCUT2D eigenvalue weighted by Crippen LogP contribution is -2.55. The van der Waals surface area contributed by atoms with E-state index < -0.39 is 18.2 Å². The van der Waals surface area contributed by atoms with E-state index in [1.807, 2.05) is 30.3 Å². The molecule has 1 aliphatic rings. The summed E-state index contributed by atoms with van der Waals surface area (Å²) < 4.78 is 5.33. The molecule has 1 N–H and O–H groups in total. The minimum absolute atomic E-state index is 0.0107. The minimum Gasteiger partial charge on any atom is -0.444 e. The van der Waals surface area contributed by atoms with Crippen LogP contribution in [0.1, 0.15) is 28.9 Å². The molecule has 3 rings (SSSR count). The number of carbonyl (C=O) groups is 3. The molecule has 1 fully saturated rings. The smallest absolute Gasteiger partial charge is 0.411 e. The maximum Gasteiger partial charge on any atom is 0.411 e. The Hall–Kier alpha value is -3.22. The van der Waals surface area contributed by atoms with Gasteiger partial charge in [0, 0.05) is 25.6 Å². The SMILES string of the molecule is O=C1CCN(C(=O)OCc2ccccc2)C(NC(=O)c2ccccn2)C1. The number of ether oxygens (including phenoxy) is 1. The number of nitrogens with one attached hydrogen (secondary N) is 1. The Balaban J connectivity index is 1.64. The molecule has 0 spiro atoms. The van der Waals surface area contributed by atoms with Crippen molar-refractivity contribution >= 4 is 17.8 Å². The van der Waals surface area contributed by atoms with E-state index in [9.17, 15) is 14.4 Å². The molecule has 1 saturated heterocycles. The number of aromatic nitrogens is 1. The number of hydrogen-bond donors (Lipinski definition) is 1. The van der Waals surface area contributed by atoms with E-state index in [0.29, 0.717) is 0 Å². The Morgan fingerprint density at radius 2 is 1.92 bits per heavy atom. The van der Waals surface area contributed by atoms with Gasteiger partial charge in [-0.1, -0.05) is 36.4 Å². The number of piperidine rings is 1. The molecule has 2 aromatic rings. The van der Waals surface area contributed by atoms with Gasteiger partial charge in [0.2, 0.25) is 0 Å². The van der Waals surface area contributed by atoms with Crippen molar-refractivity contribution in [3.8, 4) is 0 Å². The number of carbonyl (C=O) groups excluding carboxylic acids is 3. The Labute approximate surface area is 151 Å². The first-order valence-electron chi connectivity index (χ1n) is 8.34. The number of benzene rings is 1. The Morgan fingerprint density at radius 1 is 1.15 bits per heavy atom. The number of amides is 2. The third-order valence-corrected chi connectivity index (χ3v) is 4.06. The highest BCUT2D eigenvalue weighted by atomic mass is 16.6. The zero-order valence-electron chi connectivity index (χ0n) is 14.1. The lowest BCUT2D eigenvalue weighted by Gasteiger charge is -2.34. The highest BCUT2D eigenvalue weighted by Crippen LogP contribution is 2.15. The fraction of sp³-hybridized carbons (Fsp3) is 0.263. The van der Waals surface area contributed by atoms with Crippen LogP contribution in [0.2, 0.25) is 0 Å². The number of likely N-dealkylation sites (tertiary alicyclic amines) is 1. The Morgan fingerprint density at radius 3 is 2.65 bits per heavy atom.